The van der Waals surface area contributed by atoms with Crippen LogP contribution >= 0.6 is 11.6 Å². The van der Waals surface area contributed by atoms with E-state index in [2.05, 4.69) is 0 Å². The number of alkyl halides is 2. The predicted octanol–water partition coefficient (Wildman–Crippen LogP) is 2.62. The lowest BCUT2D eigenvalue weighted by atomic mass is 10.1. The predicted molar refractivity (Wildman–Crippen MR) is 49.1 cm³/mol. The van der Waals surface area contributed by atoms with Crippen molar-refractivity contribution in [1.82, 2.24) is 0 Å². The Balaban J connectivity index is 2.91. The van der Waals surface area contributed by atoms with Gasteiger partial charge in [0.05, 0.1) is 6.54 Å². The summed E-state index contributed by atoms with van der Waals surface area (Å²) in [6.45, 7) is -0.778. The molecule has 1 nitrogen and oxygen atoms in total. The molecule has 0 heterocycles. The van der Waals surface area contributed by atoms with Gasteiger partial charge < -0.3 is 5.73 Å². The van der Waals surface area contributed by atoms with Gasteiger partial charge in [-0.25, -0.2) is 13.2 Å². The first-order valence-corrected chi connectivity index (χ1v) is 4.34. The highest BCUT2D eigenvalue weighted by atomic mass is 35.5. The molecule has 0 bridgehead atoms. The minimum Gasteiger partial charge on any atom is -0.325 e. The fourth-order valence-corrected chi connectivity index (χ4v) is 1.21. The monoisotopic (exact) mass is 223 g/mol. The van der Waals surface area contributed by atoms with Crippen LogP contribution in [0.3, 0.4) is 0 Å². The number of halogens is 4. The van der Waals surface area contributed by atoms with Crippen molar-refractivity contribution in [1.29, 1.82) is 0 Å². The van der Waals surface area contributed by atoms with Gasteiger partial charge in [0.1, 0.15) is 5.82 Å². The van der Waals surface area contributed by atoms with Crippen molar-refractivity contribution >= 4 is 11.6 Å². The number of benzene rings is 1. The summed E-state index contributed by atoms with van der Waals surface area (Å²) in [6, 6.07) is 3.36. The molecule has 0 fully saturated rings. The van der Waals surface area contributed by atoms with Gasteiger partial charge in [-0.15, -0.1) is 0 Å². The van der Waals surface area contributed by atoms with Crippen molar-refractivity contribution in [2.75, 3.05) is 6.54 Å². The van der Waals surface area contributed by atoms with Crippen molar-refractivity contribution in [3.63, 3.8) is 0 Å². The largest absolute Gasteiger partial charge is 0.325 e. The maximum Gasteiger partial charge on any atom is 0.264 e. The lowest BCUT2D eigenvalue weighted by molar-refractivity contribution is 0.0114. The summed E-state index contributed by atoms with van der Waals surface area (Å²) in [4.78, 5) is 0. The zero-order valence-corrected chi connectivity index (χ0v) is 7.99. The van der Waals surface area contributed by atoms with E-state index >= 15 is 0 Å². The molecule has 0 aromatic heterocycles. The quantitative estimate of drug-likeness (QED) is 0.838. The number of hydrogen-bond donors (Lipinski definition) is 1. The molecule has 0 saturated carbocycles. The van der Waals surface area contributed by atoms with Crippen molar-refractivity contribution < 1.29 is 13.2 Å². The fraction of sp³-hybridized carbons (Fsp3) is 0.333. The minimum atomic E-state index is -3.04. The Kier molecular flexibility index (Phi) is 3.39. The second kappa shape index (κ2) is 4.19. The maximum absolute atomic E-state index is 12.8. The fourth-order valence-electron chi connectivity index (χ4n) is 1.03. The standard InChI is InChI=1S/C9H9ClF3N/c10-8-2-1-7(11)3-6(8)4-9(12,13)5-14/h1-3H,4-5,14H2. The van der Waals surface area contributed by atoms with Gasteiger partial charge in [-0.2, -0.15) is 0 Å². The number of hydrogen-bond acceptors (Lipinski definition) is 1. The van der Waals surface area contributed by atoms with Crippen LogP contribution in [0.4, 0.5) is 13.2 Å². The highest BCUT2D eigenvalue weighted by molar-refractivity contribution is 6.31. The van der Waals surface area contributed by atoms with Crippen molar-refractivity contribution in [2.24, 2.45) is 5.73 Å². The first kappa shape index (κ1) is 11.3. The SMILES string of the molecule is NCC(F)(F)Cc1cc(F)ccc1Cl. The van der Waals surface area contributed by atoms with Gasteiger partial charge in [-0.05, 0) is 23.8 Å². The van der Waals surface area contributed by atoms with Crippen molar-refractivity contribution in [2.45, 2.75) is 12.3 Å². The van der Waals surface area contributed by atoms with E-state index < -0.39 is 24.7 Å². The Morgan fingerprint density at radius 3 is 2.57 bits per heavy atom. The molecular formula is C9H9ClF3N. The van der Waals surface area contributed by atoms with Crippen LogP contribution in [0.15, 0.2) is 18.2 Å². The topological polar surface area (TPSA) is 26.0 Å². The van der Waals surface area contributed by atoms with Gasteiger partial charge in [0.2, 0.25) is 0 Å². The van der Waals surface area contributed by atoms with E-state index in [9.17, 15) is 13.2 Å². The molecule has 0 atom stereocenters. The van der Waals surface area contributed by atoms with Crippen LogP contribution in [0, 0.1) is 5.82 Å². The third-order valence-corrected chi connectivity index (χ3v) is 2.12. The van der Waals surface area contributed by atoms with Crippen LogP contribution in [0.1, 0.15) is 5.56 Å². The molecule has 1 aromatic carbocycles. The molecule has 14 heavy (non-hydrogen) atoms. The molecule has 0 unspecified atom stereocenters. The molecule has 78 valence electrons. The molecule has 5 heteroatoms. The zero-order chi connectivity index (χ0) is 10.8. The normalized spacial score (nSPS) is 11.8. The number of nitrogens with two attached hydrogens (primary N) is 1. The van der Waals surface area contributed by atoms with E-state index in [1.165, 1.54) is 6.07 Å². The van der Waals surface area contributed by atoms with Gasteiger partial charge in [0.25, 0.3) is 5.92 Å². The Labute approximate surface area is 84.7 Å². The molecule has 0 radical (unpaired) electrons. The van der Waals surface area contributed by atoms with Crippen LogP contribution in [-0.2, 0) is 6.42 Å². The van der Waals surface area contributed by atoms with E-state index in [1.54, 1.807) is 0 Å². The van der Waals surface area contributed by atoms with E-state index in [4.69, 9.17) is 17.3 Å². The average Bonchev–Trinajstić information content (AvgIpc) is 2.11. The Bertz CT molecular complexity index is 328. The first-order valence-electron chi connectivity index (χ1n) is 3.96. The van der Waals surface area contributed by atoms with Gasteiger partial charge in [-0.3, -0.25) is 0 Å². The molecule has 1 rings (SSSR count). The molecule has 0 aliphatic carbocycles. The summed E-state index contributed by atoms with van der Waals surface area (Å²) in [5, 5.41) is 0.125. The highest BCUT2D eigenvalue weighted by Crippen LogP contribution is 2.24. The molecule has 0 spiro atoms. The first-order chi connectivity index (χ1) is 6.44. The van der Waals surface area contributed by atoms with Gasteiger partial charge in [0.15, 0.2) is 0 Å². The third kappa shape index (κ3) is 2.89. The van der Waals surface area contributed by atoms with Crippen LogP contribution in [-0.4, -0.2) is 12.5 Å². The summed E-state index contributed by atoms with van der Waals surface area (Å²) < 4.78 is 38.4. The molecule has 0 amide bonds. The van der Waals surface area contributed by atoms with Crippen LogP contribution in [0.25, 0.3) is 0 Å². The Hall–Kier alpha value is -0.740. The van der Waals surface area contributed by atoms with Gasteiger partial charge in [-0.1, -0.05) is 11.6 Å². The van der Waals surface area contributed by atoms with Crippen molar-refractivity contribution in [3.8, 4) is 0 Å². The Morgan fingerprint density at radius 1 is 1.36 bits per heavy atom. The van der Waals surface area contributed by atoms with Crippen LogP contribution in [0.5, 0.6) is 0 Å². The van der Waals surface area contributed by atoms with E-state index in [-0.39, 0.29) is 10.6 Å². The Morgan fingerprint density at radius 2 is 2.00 bits per heavy atom. The van der Waals surface area contributed by atoms with Gasteiger partial charge in [0, 0.05) is 11.4 Å². The highest BCUT2D eigenvalue weighted by Gasteiger charge is 2.28. The lowest BCUT2D eigenvalue weighted by Crippen LogP contribution is -2.30. The summed E-state index contributed by atoms with van der Waals surface area (Å²) in [6.07, 6.45) is -0.639. The second-order valence-electron chi connectivity index (χ2n) is 2.97. The summed E-state index contributed by atoms with van der Waals surface area (Å²) >= 11 is 5.62. The summed E-state index contributed by atoms with van der Waals surface area (Å²) in [5.74, 6) is -3.63. The summed E-state index contributed by atoms with van der Waals surface area (Å²) in [7, 11) is 0. The van der Waals surface area contributed by atoms with Crippen molar-refractivity contribution in [3.05, 3.63) is 34.6 Å². The van der Waals surface area contributed by atoms with E-state index in [0.29, 0.717) is 0 Å². The summed E-state index contributed by atoms with van der Waals surface area (Å²) in [5.41, 5.74) is 4.93. The molecule has 0 aliphatic heterocycles. The van der Waals surface area contributed by atoms with Crippen LogP contribution < -0.4 is 5.73 Å². The molecule has 0 saturated heterocycles. The smallest absolute Gasteiger partial charge is 0.264 e. The van der Waals surface area contributed by atoms with E-state index in [0.717, 1.165) is 12.1 Å². The third-order valence-electron chi connectivity index (χ3n) is 1.76. The van der Waals surface area contributed by atoms with E-state index in [1.807, 2.05) is 0 Å². The zero-order valence-electron chi connectivity index (χ0n) is 7.24. The molecule has 1 aromatic rings. The van der Waals surface area contributed by atoms with Gasteiger partial charge >= 0.3 is 0 Å². The van der Waals surface area contributed by atoms with Crippen LogP contribution in [0.2, 0.25) is 5.02 Å². The lowest BCUT2D eigenvalue weighted by Gasteiger charge is -2.14. The average molecular weight is 224 g/mol. The second-order valence-corrected chi connectivity index (χ2v) is 3.38. The molecule has 0 aliphatic rings. The molecular weight excluding hydrogens is 215 g/mol. The molecule has 2 N–H and O–H groups in total. The number of rotatable bonds is 3. The maximum atomic E-state index is 12.8. The minimum absolute atomic E-state index is 0.0714.